The van der Waals surface area contributed by atoms with E-state index in [2.05, 4.69) is 36.4 Å². The van der Waals surface area contributed by atoms with Gasteiger partial charge in [0.05, 0.1) is 13.2 Å². The van der Waals surface area contributed by atoms with Crippen molar-refractivity contribution in [3.05, 3.63) is 23.8 Å². The molecule has 2 fully saturated rings. The van der Waals surface area contributed by atoms with Crippen LogP contribution in [0.5, 0.6) is 0 Å². The number of urea groups is 1. The lowest BCUT2D eigenvalue weighted by Crippen LogP contribution is -2.47. The van der Waals surface area contributed by atoms with E-state index in [9.17, 15) is 4.79 Å². The van der Waals surface area contributed by atoms with Crippen LogP contribution in [0.2, 0.25) is 0 Å². The van der Waals surface area contributed by atoms with E-state index in [1.165, 1.54) is 4.90 Å². The van der Waals surface area contributed by atoms with Crippen LogP contribution >= 0.6 is 11.8 Å². The molecule has 0 spiro atoms. The van der Waals surface area contributed by atoms with Gasteiger partial charge in [-0.3, -0.25) is 4.90 Å². The summed E-state index contributed by atoms with van der Waals surface area (Å²) in [5.74, 6) is 0.493. The first-order valence-electron chi connectivity index (χ1n) is 8.61. The van der Waals surface area contributed by atoms with Gasteiger partial charge in [-0.2, -0.15) is 0 Å². The summed E-state index contributed by atoms with van der Waals surface area (Å²) < 4.78 is 5.45. The molecule has 0 bridgehead atoms. The highest BCUT2D eigenvalue weighted by Crippen LogP contribution is 2.27. The zero-order valence-corrected chi connectivity index (χ0v) is 15.6. The third-order valence-corrected chi connectivity index (χ3v) is 6.00. The summed E-state index contributed by atoms with van der Waals surface area (Å²) in [4.78, 5) is 18.3. The van der Waals surface area contributed by atoms with Gasteiger partial charge in [0.25, 0.3) is 0 Å². The van der Waals surface area contributed by atoms with Crippen molar-refractivity contribution in [3.63, 3.8) is 0 Å². The van der Waals surface area contributed by atoms with E-state index in [-0.39, 0.29) is 6.03 Å². The SMILES string of the molecule is CSc1cccc(NC(=O)N2CC(C)C(N3CCOCC3)C2)c1C. The minimum absolute atomic E-state index is 0.0129. The first-order chi connectivity index (χ1) is 11.6. The molecule has 2 aliphatic rings. The maximum absolute atomic E-state index is 12.7. The van der Waals surface area contributed by atoms with Crippen LogP contribution in [0.3, 0.4) is 0 Å². The number of hydrogen-bond acceptors (Lipinski definition) is 4. The van der Waals surface area contributed by atoms with Crippen LogP contribution in [-0.2, 0) is 4.74 Å². The van der Waals surface area contributed by atoms with Crippen LogP contribution < -0.4 is 5.32 Å². The largest absolute Gasteiger partial charge is 0.379 e. The molecule has 0 saturated carbocycles. The lowest BCUT2D eigenvalue weighted by Gasteiger charge is -2.33. The second-order valence-electron chi connectivity index (χ2n) is 6.66. The fourth-order valence-corrected chi connectivity index (χ4v) is 4.30. The molecule has 24 heavy (non-hydrogen) atoms. The molecule has 0 aliphatic carbocycles. The molecule has 0 radical (unpaired) electrons. The van der Waals surface area contributed by atoms with Crippen molar-refractivity contribution in [2.75, 3.05) is 51.0 Å². The smallest absolute Gasteiger partial charge is 0.321 e. The minimum atomic E-state index is 0.0129. The second kappa shape index (κ2) is 7.76. The molecule has 5 nitrogen and oxygen atoms in total. The molecule has 6 heteroatoms. The zero-order chi connectivity index (χ0) is 17.1. The topological polar surface area (TPSA) is 44.8 Å². The molecule has 1 aromatic carbocycles. The number of nitrogens with zero attached hydrogens (tertiary/aromatic N) is 2. The average molecular weight is 350 g/mol. The maximum atomic E-state index is 12.7. The van der Waals surface area contributed by atoms with Gasteiger partial charge < -0.3 is 15.0 Å². The Bertz CT molecular complexity index is 590. The zero-order valence-electron chi connectivity index (χ0n) is 14.7. The highest BCUT2D eigenvalue weighted by atomic mass is 32.2. The number of morpholine rings is 1. The van der Waals surface area contributed by atoms with Gasteiger partial charge in [0, 0.05) is 42.8 Å². The van der Waals surface area contributed by atoms with Crippen molar-refractivity contribution in [3.8, 4) is 0 Å². The number of benzene rings is 1. The molecule has 2 saturated heterocycles. The average Bonchev–Trinajstić information content (AvgIpc) is 2.99. The van der Waals surface area contributed by atoms with Crippen LogP contribution in [0.4, 0.5) is 10.5 Å². The normalized spacial score (nSPS) is 25.0. The molecule has 132 valence electrons. The van der Waals surface area contributed by atoms with Gasteiger partial charge in [-0.05, 0) is 36.8 Å². The molecular weight excluding hydrogens is 322 g/mol. The summed E-state index contributed by atoms with van der Waals surface area (Å²) in [6, 6.07) is 6.52. The quantitative estimate of drug-likeness (QED) is 0.852. The molecule has 2 atom stereocenters. The number of ether oxygens (including phenoxy) is 1. The minimum Gasteiger partial charge on any atom is -0.379 e. The van der Waals surface area contributed by atoms with Gasteiger partial charge in [0.15, 0.2) is 0 Å². The molecule has 2 amide bonds. The number of amides is 2. The van der Waals surface area contributed by atoms with Crippen molar-refractivity contribution in [2.24, 2.45) is 5.92 Å². The van der Waals surface area contributed by atoms with E-state index < -0.39 is 0 Å². The van der Waals surface area contributed by atoms with Crippen LogP contribution in [0.25, 0.3) is 0 Å². The summed E-state index contributed by atoms with van der Waals surface area (Å²) in [5.41, 5.74) is 2.05. The third kappa shape index (κ3) is 3.71. The highest BCUT2D eigenvalue weighted by Gasteiger charge is 2.36. The summed E-state index contributed by atoms with van der Waals surface area (Å²) in [6.07, 6.45) is 2.06. The fourth-order valence-electron chi connectivity index (χ4n) is 3.67. The van der Waals surface area contributed by atoms with Gasteiger partial charge in [0.2, 0.25) is 0 Å². The van der Waals surface area contributed by atoms with E-state index in [4.69, 9.17) is 4.74 Å². The van der Waals surface area contributed by atoms with Gasteiger partial charge in [-0.25, -0.2) is 4.79 Å². The van der Waals surface area contributed by atoms with E-state index in [1.807, 2.05) is 17.0 Å². The van der Waals surface area contributed by atoms with Gasteiger partial charge in [-0.15, -0.1) is 11.8 Å². The molecular formula is C18H27N3O2S. The lowest BCUT2D eigenvalue weighted by atomic mass is 10.0. The second-order valence-corrected chi connectivity index (χ2v) is 7.51. The Hall–Kier alpha value is -1.24. The number of likely N-dealkylation sites (tertiary alicyclic amines) is 1. The molecule has 0 aromatic heterocycles. The molecule has 1 N–H and O–H groups in total. The van der Waals surface area contributed by atoms with Crippen LogP contribution in [0.15, 0.2) is 23.1 Å². The van der Waals surface area contributed by atoms with Crippen molar-refractivity contribution in [1.82, 2.24) is 9.80 Å². The number of carbonyl (C=O) groups is 1. The number of carbonyl (C=O) groups excluding carboxylic acids is 1. The number of thioether (sulfide) groups is 1. The van der Waals surface area contributed by atoms with Crippen LogP contribution in [0, 0.1) is 12.8 Å². The summed E-state index contributed by atoms with van der Waals surface area (Å²) in [7, 11) is 0. The van der Waals surface area contributed by atoms with Gasteiger partial charge in [-0.1, -0.05) is 13.0 Å². The van der Waals surface area contributed by atoms with Crippen molar-refractivity contribution < 1.29 is 9.53 Å². The van der Waals surface area contributed by atoms with E-state index >= 15 is 0 Å². The Balaban J connectivity index is 1.64. The van der Waals surface area contributed by atoms with Gasteiger partial charge >= 0.3 is 6.03 Å². The standard InChI is InChI=1S/C18H27N3O2S/c1-13-11-21(12-16(13)20-7-9-23-10-8-20)18(22)19-15-5-4-6-17(24-3)14(15)2/h4-6,13,16H,7-12H2,1-3H3,(H,19,22). The summed E-state index contributed by atoms with van der Waals surface area (Å²) >= 11 is 1.71. The van der Waals surface area contributed by atoms with Crippen molar-refractivity contribution in [2.45, 2.75) is 24.8 Å². The molecule has 2 heterocycles. The Morgan fingerprint density at radius 1 is 1.29 bits per heavy atom. The summed E-state index contributed by atoms with van der Waals surface area (Å²) in [5, 5.41) is 3.10. The fraction of sp³-hybridized carbons (Fsp3) is 0.611. The number of rotatable bonds is 3. The van der Waals surface area contributed by atoms with Crippen LogP contribution in [0.1, 0.15) is 12.5 Å². The molecule has 2 aliphatic heterocycles. The number of nitrogens with one attached hydrogen (secondary N) is 1. The highest BCUT2D eigenvalue weighted by molar-refractivity contribution is 7.98. The number of hydrogen-bond donors (Lipinski definition) is 1. The van der Waals surface area contributed by atoms with E-state index in [0.717, 1.165) is 50.6 Å². The Morgan fingerprint density at radius 2 is 2.04 bits per heavy atom. The van der Waals surface area contributed by atoms with E-state index in [0.29, 0.717) is 12.0 Å². The first-order valence-corrected chi connectivity index (χ1v) is 9.84. The monoisotopic (exact) mass is 349 g/mol. The summed E-state index contributed by atoms with van der Waals surface area (Å²) in [6.45, 7) is 9.46. The Morgan fingerprint density at radius 3 is 2.75 bits per heavy atom. The predicted molar refractivity (Wildman–Crippen MR) is 98.9 cm³/mol. The van der Waals surface area contributed by atoms with Gasteiger partial charge in [0.1, 0.15) is 0 Å². The third-order valence-electron chi connectivity index (χ3n) is 5.12. The van der Waals surface area contributed by atoms with Crippen LogP contribution in [-0.4, -0.2) is 67.5 Å². The Labute approximate surface area is 148 Å². The lowest BCUT2D eigenvalue weighted by molar-refractivity contribution is 0.0123. The van der Waals surface area contributed by atoms with Crippen molar-refractivity contribution in [1.29, 1.82) is 0 Å². The number of anilines is 1. The van der Waals surface area contributed by atoms with Crippen molar-refractivity contribution >= 4 is 23.5 Å². The molecule has 2 unspecified atom stereocenters. The molecule has 1 aromatic rings. The molecule has 3 rings (SSSR count). The predicted octanol–water partition coefficient (Wildman–Crippen LogP) is 2.90. The Kier molecular flexibility index (Phi) is 5.69. The maximum Gasteiger partial charge on any atom is 0.321 e. The van der Waals surface area contributed by atoms with E-state index in [1.54, 1.807) is 11.8 Å². The first kappa shape index (κ1) is 17.6.